The zero-order valence-corrected chi connectivity index (χ0v) is 14.2. The molecule has 3 heterocycles. The molecule has 1 atom stereocenters. The fourth-order valence-electron chi connectivity index (χ4n) is 3.05. The van der Waals surface area contributed by atoms with E-state index in [4.69, 9.17) is 0 Å². The lowest BCUT2D eigenvalue weighted by atomic mass is 9.98. The van der Waals surface area contributed by atoms with Crippen molar-refractivity contribution in [1.82, 2.24) is 15.3 Å². The van der Waals surface area contributed by atoms with Gasteiger partial charge in [0.05, 0.1) is 4.88 Å². The molecule has 24 heavy (non-hydrogen) atoms. The topological polar surface area (TPSA) is 49.8 Å². The number of nitrogens with one attached hydrogen (secondary N) is 2. The molecule has 0 saturated carbocycles. The third-order valence-corrected chi connectivity index (χ3v) is 5.26. The van der Waals surface area contributed by atoms with E-state index in [0.29, 0.717) is 6.04 Å². The molecule has 1 saturated heterocycles. The number of rotatable bonds is 4. The SMILES string of the molecule is c1ccc(-c2cnc(Nc3cc(C4CCCCN4)ccn3)s2)cc1. The van der Waals surface area contributed by atoms with Gasteiger partial charge in [0.15, 0.2) is 5.13 Å². The van der Waals surface area contributed by atoms with Gasteiger partial charge < -0.3 is 10.6 Å². The van der Waals surface area contributed by atoms with E-state index >= 15 is 0 Å². The number of anilines is 2. The second-order valence-electron chi connectivity index (χ2n) is 6.00. The predicted molar refractivity (Wildman–Crippen MR) is 99.7 cm³/mol. The maximum absolute atomic E-state index is 4.48. The monoisotopic (exact) mass is 336 g/mol. The third kappa shape index (κ3) is 3.47. The molecule has 0 aliphatic carbocycles. The van der Waals surface area contributed by atoms with Gasteiger partial charge in [0.1, 0.15) is 5.82 Å². The quantitative estimate of drug-likeness (QED) is 0.721. The Morgan fingerprint density at radius 3 is 2.83 bits per heavy atom. The van der Waals surface area contributed by atoms with Gasteiger partial charge in [-0.15, -0.1) is 0 Å². The Kier molecular flexibility index (Phi) is 4.53. The van der Waals surface area contributed by atoms with Crippen LogP contribution in [0.15, 0.2) is 54.9 Å². The summed E-state index contributed by atoms with van der Waals surface area (Å²) in [5.74, 6) is 0.855. The van der Waals surface area contributed by atoms with Crippen LogP contribution < -0.4 is 10.6 Å². The summed E-state index contributed by atoms with van der Waals surface area (Å²) in [5.41, 5.74) is 2.49. The first kappa shape index (κ1) is 15.3. The van der Waals surface area contributed by atoms with Crippen molar-refractivity contribution in [2.24, 2.45) is 0 Å². The van der Waals surface area contributed by atoms with Gasteiger partial charge in [-0.3, -0.25) is 0 Å². The standard InChI is InChI=1S/C19H20N4S/c1-2-6-14(7-3-1)17-13-22-19(24-17)23-18-12-15(9-11-21-18)16-8-4-5-10-20-16/h1-3,6-7,9,11-13,16,20H,4-5,8,10H2,(H,21,22,23). The van der Waals surface area contributed by atoms with Crippen molar-refractivity contribution < 1.29 is 0 Å². The highest BCUT2D eigenvalue weighted by Gasteiger charge is 2.15. The minimum Gasteiger partial charge on any atom is -0.316 e. The maximum atomic E-state index is 4.48. The van der Waals surface area contributed by atoms with E-state index < -0.39 is 0 Å². The number of piperidine rings is 1. The Labute approximate surface area is 146 Å². The Morgan fingerprint density at radius 1 is 1.08 bits per heavy atom. The molecule has 5 heteroatoms. The van der Waals surface area contributed by atoms with E-state index in [2.05, 4.69) is 44.9 Å². The van der Waals surface area contributed by atoms with Gasteiger partial charge in [-0.1, -0.05) is 48.1 Å². The number of aromatic nitrogens is 2. The van der Waals surface area contributed by atoms with Crippen LogP contribution in [-0.2, 0) is 0 Å². The molecule has 0 bridgehead atoms. The van der Waals surface area contributed by atoms with Crippen molar-refractivity contribution in [2.45, 2.75) is 25.3 Å². The molecule has 1 fully saturated rings. The molecule has 122 valence electrons. The van der Waals surface area contributed by atoms with Gasteiger partial charge in [-0.05, 0) is 42.6 Å². The van der Waals surface area contributed by atoms with Gasteiger partial charge in [0.25, 0.3) is 0 Å². The summed E-state index contributed by atoms with van der Waals surface area (Å²) in [5, 5.41) is 7.80. The summed E-state index contributed by atoms with van der Waals surface area (Å²) in [4.78, 5) is 10.1. The minimum atomic E-state index is 0.443. The summed E-state index contributed by atoms with van der Waals surface area (Å²) in [6.45, 7) is 1.10. The number of thiazole rings is 1. The number of hydrogen-bond acceptors (Lipinski definition) is 5. The van der Waals surface area contributed by atoms with E-state index in [1.807, 2.05) is 30.6 Å². The summed E-state index contributed by atoms with van der Waals surface area (Å²) in [6.07, 6.45) is 7.54. The molecule has 1 unspecified atom stereocenters. The summed E-state index contributed by atoms with van der Waals surface area (Å²) < 4.78 is 0. The van der Waals surface area contributed by atoms with Crippen LogP contribution >= 0.6 is 11.3 Å². The average molecular weight is 336 g/mol. The van der Waals surface area contributed by atoms with Crippen LogP contribution in [0.1, 0.15) is 30.9 Å². The molecular formula is C19H20N4S. The van der Waals surface area contributed by atoms with E-state index in [9.17, 15) is 0 Å². The van der Waals surface area contributed by atoms with Crippen LogP contribution in [-0.4, -0.2) is 16.5 Å². The molecule has 4 rings (SSSR count). The first-order valence-corrected chi connectivity index (χ1v) is 9.18. The van der Waals surface area contributed by atoms with Crippen molar-refractivity contribution in [3.05, 3.63) is 60.4 Å². The number of hydrogen-bond donors (Lipinski definition) is 2. The Balaban J connectivity index is 1.50. The fraction of sp³-hybridized carbons (Fsp3) is 0.263. The summed E-state index contributed by atoms with van der Waals surface area (Å²) in [6, 6.07) is 15.0. The lowest BCUT2D eigenvalue weighted by Gasteiger charge is -2.24. The van der Waals surface area contributed by atoms with Gasteiger partial charge >= 0.3 is 0 Å². The van der Waals surface area contributed by atoms with E-state index in [-0.39, 0.29) is 0 Å². The number of nitrogens with zero attached hydrogens (tertiary/aromatic N) is 2. The van der Waals surface area contributed by atoms with Crippen molar-refractivity contribution >= 4 is 22.3 Å². The highest BCUT2D eigenvalue weighted by molar-refractivity contribution is 7.18. The van der Waals surface area contributed by atoms with Crippen molar-refractivity contribution in [3.63, 3.8) is 0 Å². The lowest BCUT2D eigenvalue weighted by molar-refractivity contribution is 0.412. The van der Waals surface area contributed by atoms with Gasteiger partial charge in [-0.2, -0.15) is 0 Å². The second-order valence-corrected chi connectivity index (χ2v) is 7.03. The van der Waals surface area contributed by atoms with Crippen LogP contribution in [0.4, 0.5) is 10.9 Å². The minimum absolute atomic E-state index is 0.443. The van der Waals surface area contributed by atoms with Gasteiger partial charge in [-0.25, -0.2) is 9.97 Å². The molecular weight excluding hydrogens is 316 g/mol. The Morgan fingerprint density at radius 2 is 2.00 bits per heavy atom. The Hall–Kier alpha value is -2.24. The van der Waals surface area contributed by atoms with Crippen LogP contribution in [0.5, 0.6) is 0 Å². The van der Waals surface area contributed by atoms with Crippen molar-refractivity contribution in [1.29, 1.82) is 0 Å². The highest BCUT2D eigenvalue weighted by Crippen LogP contribution is 2.31. The molecule has 0 radical (unpaired) electrons. The first-order chi connectivity index (χ1) is 11.9. The molecule has 0 spiro atoms. The first-order valence-electron chi connectivity index (χ1n) is 8.36. The fourth-order valence-corrected chi connectivity index (χ4v) is 3.87. The lowest BCUT2D eigenvalue weighted by Crippen LogP contribution is -2.26. The molecule has 3 aromatic rings. The van der Waals surface area contributed by atoms with Gasteiger partial charge in [0, 0.05) is 18.4 Å². The highest BCUT2D eigenvalue weighted by atomic mass is 32.1. The molecule has 4 nitrogen and oxygen atoms in total. The number of pyridine rings is 1. The average Bonchev–Trinajstić information content (AvgIpc) is 3.12. The van der Waals surface area contributed by atoms with Crippen molar-refractivity contribution in [3.8, 4) is 10.4 Å². The van der Waals surface area contributed by atoms with Crippen LogP contribution in [0, 0.1) is 0 Å². The third-order valence-electron chi connectivity index (χ3n) is 4.30. The molecule has 2 aromatic heterocycles. The zero-order valence-electron chi connectivity index (χ0n) is 13.4. The summed E-state index contributed by atoms with van der Waals surface area (Å²) in [7, 11) is 0. The van der Waals surface area contributed by atoms with Crippen LogP contribution in [0.2, 0.25) is 0 Å². The van der Waals surface area contributed by atoms with E-state index in [1.54, 1.807) is 11.3 Å². The van der Waals surface area contributed by atoms with E-state index in [1.165, 1.54) is 30.4 Å². The van der Waals surface area contributed by atoms with E-state index in [0.717, 1.165) is 22.4 Å². The largest absolute Gasteiger partial charge is 0.316 e. The zero-order chi connectivity index (χ0) is 16.2. The number of benzene rings is 1. The second kappa shape index (κ2) is 7.11. The van der Waals surface area contributed by atoms with Gasteiger partial charge in [0.2, 0.25) is 0 Å². The normalized spacial score (nSPS) is 17.6. The molecule has 1 aromatic carbocycles. The molecule has 0 amide bonds. The van der Waals surface area contributed by atoms with Crippen LogP contribution in [0.3, 0.4) is 0 Å². The van der Waals surface area contributed by atoms with Crippen LogP contribution in [0.25, 0.3) is 10.4 Å². The molecule has 2 N–H and O–H groups in total. The molecule has 1 aliphatic rings. The maximum Gasteiger partial charge on any atom is 0.188 e. The smallest absolute Gasteiger partial charge is 0.188 e. The Bertz CT molecular complexity index is 794. The predicted octanol–water partition coefficient (Wildman–Crippen LogP) is 4.76. The van der Waals surface area contributed by atoms with Crippen molar-refractivity contribution in [2.75, 3.05) is 11.9 Å². The molecule has 1 aliphatic heterocycles. The summed E-state index contributed by atoms with van der Waals surface area (Å²) >= 11 is 1.64.